The second kappa shape index (κ2) is 10.5. The van der Waals surface area contributed by atoms with Crippen LogP contribution in [0.1, 0.15) is 34.1 Å². The molecule has 0 aliphatic carbocycles. The van der Waals surface area contributed by atoms with Gasteiger partial charge < -0.3 is 26.0 Å². The largest absolute Gasteiger partial charge is 0.508 e. The van der Waals surface area contributed by atoms with Crippen LogP contribution < -0.4 is 16.0 Å². The van der Waals surface area contributed by atoms with Crippen LogP contribution in [0, 0.1) is 0 Å². The molecule has 39 heavy (non-hydrogen) atoms. The van der Waals surface area contributed by atoms with Gasteiger partial charge in [-0.25, -0.2) is 0 Å². The number of nitrogens with one attached hydrogen (secondary N) is 2. The van der Waals surface area contributed by atoms with E-state index >= 15 is 0 Å². The molecular formula is C32H29ClN4O2. The number of carbonyl (C=O) groups excluding carboxylic acids is 1. The first-order valence-electron chi connectivity index (χ1n) is 13.0. The molecule has 5 aromatic rings. The van der Waals surface area contributed by atoms with Gasteiger partial charge in [0.15, 0.2) is 0 Å². The number of rotatable bonds is 6. The quantitative estimate of drug-likeness (QED) is 0.206. The number of para-hydroxylation sites is 2. The number of anilines is 1. The molecule has 0 spiro atoms. The number of halogens is 1. The Balaban J connectivity index is 1.46. The molecule has 5 N–H and O–H groups in total. The number of aromatic amines is 1. The minimum atomic E-state index is -0.669. The lowest BCUT2D eigenvalue weighted by Crippen LogP contribution is -2.33. The van der Waals surface area contributed by atoms with E-state index in [1.54, 1.807) is 18.2 Å². The predicted octanol–water partition coefficient (Wildman–Crippen LogP) is 6.25. The maximum absolute atomic E-state index is 14.2. The van der Waals surface area contributed by atoms with Crippen LogP contribution in [0.15, 0.2) is 97.1 Å². The Hall–Kier alpha value is -4.26. The molecule has 4 aromatic carbocycles. The molecule has 1 aromatic heterocycles. The Morgan fingerprint density at radius 1 is 1.00 bits per heavy atom. The number of fused-ring (bicyclic) bond motifs is 1. The molecule has 0 unspecified atom stereocenters. The second-order valence-electron chi connectivity index (χ2n) is 9.98. The summed E-state index contributed by atoms with van der Waals surface area (Å²) in [5, 5.41) is 15.5. The fourth-order valence-electron chi connectivity index (χ4n) is 5.45. The monoisotopic (exact) mass is 536 g/mol. The smallest absolute Gasteiger partial charge is 0.254 e. The molecule has 0 bridgehead atoms. The summed E-state index contributed by atoms with van der Waals surface area (Å²) in [4.78, 5) is 19.8. The van der Waals surface area contributed by atoms with Crippen molar-refractivity contribution in [2.45, 2.75) is 18.5 Å². The number of carbonyl (C=O) groups is 1. The van der Waals surface area contributed by atoms with E-state index in [1.807, 2.05) is 78.9 Å². The van der Waals surface area contributed by atoms with Gasteiger partial charge in [0.1, 0.15) is 5.75 Å². The van der Waals surface area contributed by atoms with E-state index in [1.165, 1.54) is 0 Å². The zero-order valence-corrected chi connectivity index (χ0v) is 22.0. The Bertz CT molecular complexity index is 1620. The molecule has 7 heteroatoms. The van der Waals surface area contributed by atoms with Crippen LogP contribution >= 0.6 is 11.6 Å². The van der Waals surface area contributed by atoms with Crippen LogP contribution in [0.2, 0.25) is 5.02 Å². The number of aromatic hydroxyl groups is 1. The minimum absolute atomic E-state index is 0.0483. The Morgan fingerprint density at radius 2 is 1.79 bits per heavy atom. The van der Waals surface area contributed by atoms with E-state index in [0.717, 1.165) is 46.4 Å². The number of hydrogen-bond acceptors (Lipinski definition) is 4. The van der Waals surface area contributed by atoms with Crippen molar-refractivity contribution in [3.8, 4) is 16.9 Å². The van der Waals surface area contributed by atoms with Crippen LogP contribution in [-0.4, -0.2) is 35.1 Å². The lowest BCUT2D eigenvalue weighted by atomic mass is 9.97. The number of amides is 1. The molecule has 2 atom stereocenters. The molecular weight excluding hydrogens is 508 g/mol. The van der Waals surface area contributed by atoms with Gasteiger partial charge >= 0.3 is 0 Å². The zero-order chi connectivity index (χ0) is 26.9. The summed E-state index contributed by atoms with van der Waals surface area (Å²) in [7, 11) is 0. The maximum Gasteiger partial charge on any atom is 0.254 e. The SMILES string of the molecule is N[C@H]1CCN(c2c(C(=O)N[C@@H](c3cc4ccccc4[nH]3)c3cc(Cl)ccc3O)cccc2-c2ccccc2)C1. The van der Waals surface area contributed by atoms with E-state index in [4.69, 9.17) is 17.3 Å². The van der Waals surface area contributed by atoms with Crippen molar-refractivity contribution in [1.82, 2.24) is 10.3 Å². The number of nitrogens with zero attached hydrogens (tertiary/aromatic N) is 1. The highest BCUT2D eigenvalue weighted by molar-refractivity contribution is 6.30. The highest BCUT2D eigenvalue weighted by Crippen LogP contribution is 2.38. The number of benzene rings is 4. The minimum Gasteiger partial charge on any atom is -0.508 e. The zero-order valence-electron chi connectivity index (χ0n) is 21.3. The summed E-state index contributed by atoms with van der Waals surface area (Å²) in [6.45, 7) is 1.44. The van der Waals surface area contributed by atoms with Crippen molar-refractivity contribution in [2.24, 2.45) is 5.73 Å². The average Bonchev–Trinajstić information content (AvgIpc) is 3.59. The van der Waals surface area contributed by atoms with Gasteiger partial charge in [0.2, 0.25) is 0 Å². The summed E-state index contributed by atoms with van der Waals surface area (Å²) in [6, 6.07) is 30.0. The molecule has 0 saturated carbocycles. The normalized spacial score (nSPS) is 15.9. The number of aromatic nitrogens is 1. The van der Waals surface area contributed by atoms with E-state index in [2.05, 4.69) is 15.2 Å². The molecule has 1 fully saturated rings. The maximum atomic E-state index is 14.2. The van der Waals surface area contributed by atoms with Crippen LogP contribution in [0.4, 0.5) is 5.69 Å². The number of phenols is 1. The summed E-state index contributed by atoms with van der Waals surface area (Å²) < 4.78 is 0. The molecule has 196 valence electrons. The van der Waals surface area contributed by atoms with Gasteiger partial charge in [-0.3, -0.25) is 4.79 Å². The fourth-order valence-corrected chi connectivity index (χ4v) is 5.63. The molecule has 1 amide bonds. The Labute approximate surface area is 232 Å². The first kappa shape index (κ1) is 25.0. The van der Waals surface area contributed by atoms with Crippen molar-refractivity contribution in [3.63, 3.8) is 0 Å². The summed E-state index contributed by atoms with van der Waals surface area (Å²) in [5.74, 6) is -0.210. The number of nitrogens with two attached hydrogens (primary N) is 1. The third-order valence-corrected chi connectivity index (χ3v) is 7.58. The second-order valence-corrected chi connectivity index (χ2v) is 10.4. The topological polar surface area (TPSA) is 94.4 Å². The van der Waals surface area contributed by atoms with Gasteiger partial charge in [-0.1, -0.05) is 72.3 Å². The summed E-state index contributed by atoms with van der Waals surface area (Å²) >= 11 is 6.34. The predicted molar refractivity (Wildman–Crippen MR) is 157 cm³/mol. The average molecular weight is 537 g/mol. The van der Waals surface area contributed by atoms with Gasteiger partial charge in [0.25, 0.3) is 5.91 Å². The Morgan fingerprint density at radius 3 is 2.56 bits per heavy atom. The van der Waals surface area contributed by atoms with Crippen LogP contribution in [-0.2, 0) is 0 Å². The van der Waals surface area contributed by atoms with Gasteiger partial charge in [0.05, 0.1) is 17.3 Å². The van der Waals surface area contributed by atoms with Crippen molar-refractivity contribution in [1.29, 1.82) is 0 Å². The van der Waals surface area contributed by atoms with E-state index < -0.39 is 6.04 Å². The first-order valence-corrected chi connectivity index (χ1v) is 13.4. The number of phenolic OH excluding ortho intramolecular Hbond substituents is 1. The molecule has 6 rings (SSSR count). The third kappa shape index (κ3) is 4.97. The van der Waals surface area contributed by atoms with Crippen LogP contribution in [0.5, 0.6) is 5.75 Å². The van der Waals surface area contributed by atoms with E-state index in [0.29, 0.717) is 22.7 Å². The summed E-state index contributed by atoms with van der Waals surface area (Å²) in [6.07, 6.45) is 0.859. The Kier molecular flexibility index (Phi) is 6.73. The van der Waals surface area contributed by atoms with Gasteiger partial charge in [-0.2, -0.15) is 0 Å². The van der Waals surface area contributed by atoms with Crippen LogP contribution in [0.3, 0.4) is 0 Å². The molecule has 2 heterocycles. The molecule has 1 aliphatic heterocycles. The number of H-pyrrole nitrogens is 1. The van der Waals surface area contributed by atoms with Gasteiger partial charge in [0, 0.05) is 46.5 Å². The highest BCUT2D eigenvalue weighted by Gasteiger charge is 2.29. The lowest BCUT2D eigenvalue weighted by Gasteiger charge is -2.26. The fraction of sp³-hybridized carbons (Fsp3) is 0.156. The molecule has 1 saturated heterocycles. The standard InChI is InChI=1S/C32H29ClN4O2/c33-22-13-14-29(38)26(18-22)30(28-17-21-9-4-5-12-27(21)35-28)36-32(39)25-11-6-10-24(20-7-2-1-3-8-20)31(25)37-16-15-23(34)19-37/h1-14,17-18,23,30,35,38H,15-16,19,34H2,(H,36,39)/t23-,30+/m0/s1. The van der Waals surface area contributed by atoms with Crippen molar-refractivity contribution in [2.75, 3.05) is 18.0 Å². The van der Waals surface area contributed by atoms with E-state index in [9.17, 15) is 9.90 Å². The third-order valence-electron chi connectivity index (χ3n) is 7.34. The first-order chi connectivity index (χ1) is 19.0. The van der Waals surface area contributed by atoms with Crippen molar-refractivity contribution >= 4 is 34.1 Å². The highest BCUT2D eigenvalue weighted by atomic mass is 35.5. The summed E-state index contributed by atoms with van der Waals surface area (Å²) in [5.41, 5.74) is 11.9. The van der Waals surface area contributed by atoms with Crippen LogP contribution in [0.25, 0.3) is 22.0 Å². The van der Waals surface area contributed by atoms with Gasteiger partial charge in [-0.05, 0) is 53.8 Å². The lowest BCUT2D eigenvalue weighted by molar-refractivity contribution is 0.0942. The number of hydrogen-bond donors (Lipinski definition) is 4. The van der Waals surface area contributed by atoms with Crippen molar-refractivity contribution in [3.05, 3.63) is 119 Å². The van der Waals surface area contributed by atoms with Crippen molar-refractivity contribution < 1.29 is 9.90 Å². The molecule has 1 aliphatic rings. The van der Waals surface area contributed by atoms with E-state index in [-0.39, 0.29) is 17.7 Å². The molecule has 0 radical (unpaired) electrons. The van der Waals surface area contributed by atoms with Gasteiger partial charge in [-0.15, -0.1) is 0 Å². The molecule has 6 nitrogen and oxygen atoms in total.